The molecule has 0 aliphatic carbocycles. The van der Waals surface area contributed by atoms with E-state index in [0.29, 0.717) is 12.1 Å². The maximum atomic E-state index is 12.5. The third-order valence-corrected chi connectivity index (χ3v) is 3.58. The summed E-state index contributed by atoms with van der Waals surface area (Å²) >= 11 is 0. The number of ether oxygens (including phenoxy) is 1. The van der Waals surface area contributed by atoms with E-state index in [1.54, 1.807) is 11.1 Å². The molecule has 0 bridgehead atoms. The van der Waals surface area contributed by atoms with Crippen molar-refractivity contribution < 1.29 is 14.3 Å². The Morgan fingerprint density at radius 2 is 2.32 bits per heavy atom. The zero-order valence-corrected chi connectivity index (χ0v) is 11.3. The monoisotopic (exact) mass is 265 g/mol. The average Bonchev–Trinajstić information content (AvgIpc) is 2.84. The second kappa shape index (κ2) is 5.86. The highest BCUT2D eigenvalue weighted by atomic mass is 16.5. The van der Waals surface area contributed by atoms with E-state index < -0.39 is 0 Å². The number of carbonyl (C=O) groups excluding carboxylic acids is 2. The Bertz CT molecular complexity index is 469. The number of aromatic nitrogens is 2. The summed E-state index contributed by atoms with van der Waals surface area (Å²) in [6.07, 6.45) is 4.66. The molecular weight excluding hydrogens is 246 g/mol. The molecule has 1 aliphatic heterocycles. The molecule has 1 amide bonds. The van der Waals surface area contributed by atoms with Crippen LogP contribution in [0.3, 0.4) is 0 Å². The minimum Gasteiger partial charge on any atom is -0.469 e. The Labute approximate surface area is 112 Å². The Hall–Kier alpha value is -1.85. The van der Waals surface area contributed by atoms with Gasteiger partial charge in [0.05, 0.1) is 25.3 Å². The summed E-state index contributed by atoms with van der Waals surface area (Å²) in [4.78, 5) is 25.7. The number of carbonyl (C=O) groups is 2. The van der Waals surface area contributed by atoms with Crippen molar-refractivity contribution in [1.29, 1.82) is 0 Å². The van der Waals surface area contributed by atoms with Gasteiger partial charge in [-0.2, -0.15) is 5.10 Å². The van der Waals surface area contributed by atoms with Crippen molar-refractivity contribution in [2.45, 2.75) is 38.6 Å². The summed E-state index contributed by atoms with van der Waals surface area (Å²) in [7, 11) is 1.37. The van der Waals surface area contributed by atoms with Gasteiger partial charge < -0.3 is 9.64 Å². The molecule has 1 aliphatic rings. The van der Waals surface area contributed by atoms with Crippen molar-refractivity contribution in [2.75, 3.05) is 13.7 Å². The molecule has 0 aromatic carbocycles. The van der Waals surface area contributed by atoms with Crippen LogP contribution in [0.4, 0.5) is 0 Å². The summed E-state index contributed by atoms with van der Waals surface area (Å²) in [5.41, 5.74) is 1.34. The highest BCUT2D eigenvalue weighted by molar-refractivity contribution is 5.95. The first kappa shape index (κ1) is 13.6. The van der Waals surface area contributed by atoms with E-state index in [9.17, 15) is 9.59 Å². The van der Waals surface area contributed by atoms with Gasteiger partial charge in [-0.05, 0) is 26.2 Å². The molecule has 2 rings (SSSR count). The lowest BCUT2D eigenvalue weighted by molar-refractivity contribution is -0.142. The predicted octanol–water partition coefficient (Wildman–Crippen LogP) is 1.28. The smallest absolute Gasteiger partial charge is 0.307 e. The minimum atomic E-state index is -0.270. The molecule has 1 atom stereocenters. The Morgan fingerprint density at radius 3 is 2.95 bits per heavy atom. The van der Waals surface area contributed by atoms with Gasteiger partial charge in [0.25, 0.3) is 5.91 Å². The molecular formula is C13H19N3O3. The van der Waals surface area contributed by atoms with Gasteiger partial charge in [-0.3, -0.25) is 14.7 Å². The van der Waals surface area contributed by atoms with Gasteiger partial charge in [-0.1, -0.05) is 0 Å². The van der Waals surface area contributed by atoms with Crippen LogP contribution in [-0.4, -0.2) is 46.7 Å². The zero-order valence-electron chi connectivity index (χ0n) is 11.3. The Kier molecular flexibility index (Phi) is 4.19. The van der Waals surface area contributed by atoms with Gasteiger partial charge in [0, 0.05) is 18.3 Å². The standard InChI is InChI=1S/C13H19N3O3/c1-9-11(8-14-15-9)13(18)16-6-4-3-5-10(16)7-12(17)19-2/h8,10H,3-7H2,1-2H3,(H,14,15). The molecule has 1 saturated heterocycles. The largest absolute Gasteiger partial charge is 0.469 e. The van der Waals surface area contributed by atoms with Crippen LogP contribution in [0.15, 0.2) is 6.20 Å². The first-order chi connectivity index (χ1) is 9.13. The Morgan fingerprint density at radius 1 is 1.53 bits per heavy atom. The molecule has 1 unspecified atom stereocenters. The van der Waals surface area contributed by atoms with Crippen molar-refractivity contribution in [3.05, 3.63) is 17.5 Å². The number of likely N-dealkylation sites (tertiary alicyclic amines) is 1. The van der Waals surface area contributed by atoms with Crippen molar-refractivity contribution in [2.24, 2.45) is 0 Å². The number of rotatable bonds is 3. The lowest BCUT2D eigenvalue weighted by Crippen LogP contribution is -2.45. The molecule has 1 aromatic rings. The average molecular weight is 265 g/mol. The summed E-state index contributed by atoms with van der Waals surface area (Å²) in [5.74, 6) is -0.325. The highest BCUT2D eigenvalue weighted by Gasteiger charge is 2.30. The van der Waals surface area contributed by atoms with Gasteiger partial charge >= 0.3 is 5.97 Å². The normalized spacial score (nSPS) is 19.3. The lowest BCUT2D eigenvalue weighted by Gasteiger charge is -2.35. The lowest BCUT2D eigenvalue weighted by atomic mass is 9.98. The number of H-pyrrole nitrogens is 1. The summed E-state index contributed by atoms with van der Waals surface area (Å²) in [6, 6.07) is -0.0667. The van der Waals surface area contributed by atoms with E-state index in [0.717, 1.165) is 25.0 Å². The third kappa shape index (κ3) is 2.94. The predicted molar refractivity (Wildman–Crippen MR) is 68.6 cm³/mol. The second-order valence-corrected chi connectivity index (χ2v) is 4.84. The van der Waals surface area contributed by atoms with Gasteiger partial charge in [-0.15, -0.1) is 0 Å². The van der Waals surface area contributed by atoms with Gasteiger partial charge in [0.2, 0.25) is 0 Å². The van der Waals surface area contributed by atoms with Crippen molar-refractivity contribution in [3.8, 4) is 0 Å². The maximum absolute atomic E-state index is 12.5. The van der Waals surface area contributed by atoms with Crippen molar-refractivity contribution >= 4 is 11.9 Å². The van der Waals surface area contributed by atoms with Crippen LogP contribution >= 0.6 is 0 Å². The van der Waals surface area contributed by atoms with Crippen LogP contribution in [-0.2, 0) is 9.53 Å². The third-order valence-electron chi connectivity index (χ3n) is 3.58. The van der Waals surface area contributed by atoms with E-state index in [1.807, 2.05) is 6.92 Å². The fourth-order valence-corrected chi connectivity index (χ4v) is 2.48. The van der Waals surface area contributed by atoms with E-state index in [2.05, 4.69) is 10.2 Å². The summed E-state index contributed by atoms with van der Waals surface area (Å²) in [5, 5.41) is 6.64. The van der Waals surface area contributed by atoms with E-state index in [1.165, 1.54) is 7.11 Å². The molecule has 6 nitrogen and oxygen atoms in total. The fourth-order valence-electron chi connectivity index (χ4n) is 2.48. The number of nitrogens with one attached hydrogen (secondary N) is 1. The van der Waals surface area contributed by atoms with Crippen molar-refractivity contribution in [1.82, 2.24) is 15.1 Å². The molecule has 2 heterocycles. The highest BCUT2D eigenvalue weighted by Crippen LogP contribution is 2.22. The van der Waals surface area contributed by atoms with Crippen LogP contribution in [0.25, 0.3) is 0 Å². The molecule has 0 spiro atoms. The van der Waals surface area contributed by atoms with Crippen LogP contribution in [0, 0.1) is 6.92 Å². The number of amides is 1. The number of piperidine rings is 1. The van der Waals surface area contributed by atoms with Gasteiger partial charge in [0.1, 0.15) is 0 Å². The quantitative estimate of drug-likeness (QED) is 0.835. The van der Waals surface area contributed by atoms with Gasteiger partial charge in [-0.25, -0.2) is 0 Å². The molecule has 6 heteroatoms. The number of esters is 1. The van der Waals surface area contributed by atoms with Gasteiger partial charge in [0.15, 0.2) is 0 Å². The van der Waals surface area contributed by atoms with E-state index in [4.69, 9.17) is 4.74 Å². The first-order valence-electron chi connectivity index (χ1n) is 6.51. The molecule has 19 heavy (non-hydrogen) atoms. The number of methoxy groups -OCH3 is 1. The van der Waals surface area contributed by atoms with Crippen LogP contribution < -0.4 is 0 Å². The number of hydrogen-bond donors (Lipinski definition) is 1. The topological polar surface area (TPSA) is 75.3 Å². The van der Waals surface area contributed by atoms with E-state index >= 15 is 0 Å². The number of nitrogens with zero attached hydrogens (tertiary/aromatic N) is 2. The van der Waals surface area contributed by atoms with Crippen molar-refractivity contribution in [3.63, 3.8) is 0 Å². The zero-order chi connectivity index (χ0) is 13.8. The summed E-state index contributed by atoms with van der Waals surface area (Å²) < 4.78 is 4.70. The molecule has 1 aromatic heterocycles. The number of aromatic amines is 1. The second-order valence-electron chi connectivity index (χ2n) is 4.84. The number of aryl methyl sites for hydroxylation is 1. The van der Waals surface area contributed by atoms with E-state index in [-0.39, 0.29) is 24.3 Å². The molecule has 1 N–H and O–H groups in total. The maximum Gasteiger partial charge on any atom is 0.307 e. The molecule has 1 fully saturated rings. The van der Waals surface area contributed by atoms with Crippen LogP contribution in [0.2, 0.25) is 0 Å². The van der Waals surface area contributed by atoms with Crippen LogP contribution in [0.1, 0.15) is 41.7 Å². The molecule has 0 radical (unpaired) electrons. The fraction of sp³-hybridized carbons (Fsp3) is 0.615. The SMILES string of the molecule is COC(=O)CC1CCCCN1C(=O)c1cn[nH]c1C. The van der Waals surface area contributed by atoms with Crippen LogP contribution in [0.5, 0.6) is 0 Å². The minimum absolute atomic E-state index is 0.0557. The summed E-state index contributed by atoms with van der Waals surface area (Å²) in [6.45, 7) is 2.50. The first-order valence-corrected chi connectivity index (χ1v) is 6.51. The molecule has 0 saturated carbocycles. The number of hydrogen-bond acceptors (Lipinski definition) is 4. The Balaban J connectivity index is 2.13. The molecule has 104 valence electrons.